The van der Waals surface area contributed by atoms with Crippen molar-refractivity contribution < 1.29 is 4.79 Å². The average Bonchev–Trinajstić information content (AvgIpc) is 3.01. The first-order valence-corrected chi connectivity index (χ1v) is 9.95. The minimum atomic E-state index is -0.702. The van der Waals surface area contributed by atoms with E-state index in [1.54, 1.807) is 36.4 Å². The maximum atomic E-state index is 13.5. The highest BCUT2D eigenvalue weighted by atomic mass is 35.5. The van der Waals surface area contributed by atoms with Gasteiger partial charge in [-0.15, -0.1) is 0 Å². The highest BCUT2D eigenvalue weighted by molar-refractivity contribution is 6.31. The molecule has 2 heterocycles. The summed E-state index contributed by atoms with van der Waals surface area (Å²) in [6.07, 6.45) is 0.899. The first-order valence-electron chi connectivity index (χ1n) is 9.58. The van der Waals surface area contributed by atoms with Crippen LogP contribution >= 0.6 is 11.6 Å². The Morgan fingerprint density at radius 1 is 0.897 bits per heavy atom. The summed E-state index contributed by atoms with van der Waals surface area (Å²) in [7, 11) is 0. The van der Waals surface area contributed by atoms with Crippen LogP contribution in [0, 0.1) is 5.41 Å². The van der Waals surface area contributed by atoms with Crippen molar-refractivity contribution in [2.45, 2.75) is 32.7 Å². The Morgan fingerprint density at radius 3 is 2.21 bits per heavy atom. The van der Waals surface area contributed by atoms with Gasteiger partial charge in [0.1, 0.15) is 6.04 Å². The van der Waals surface area contributed by atoms with Crippen molar-refractivity contribution in [2.75, 3.05) is 0 Å². The van der Waals surface area contributed by atoms with E-state index in [4.69, 9.17) is 11.6 Å². The number of carbonyl (C=O) groups excluding carboxylic acids is 1. The second kappa shape index (κ2) is 6.04. The van der Waals surface area contributed by atoms with Crippen molar-refractivity contribution in [3.8, 4) is 0 Å². The fraction of sp³-hybridized carbons (Fsp3) is 0.261. The van der Waals surface area contributed by atoms with Crippen LogP contribution in [0.5, 0.6) is 0 Å². The van der Waals surface area contributed by atoms with E-state index in [9.17, 15) is 14.4 Å². The zero-order chi connectivity index (χ0) is 20.5. The summed E-state index contributed by atoms with van der Waals surface area (Å²) in [6, 6.07) is 13.3. The lowest BCUT2D eigenvalue weighted by Crippen LogP contribution is -2.37. The van der Waals surface area contributed by atoms with Gasteiger partial charge in [0.25, 0.3) is 11.1 Å². The molecule has 0 radical (unpaired) electrons. The Hall–Kier alpha value is -2.92. The van der Waals surface area contributed by atoms with Crippen LogP contribution < -0.4 is 11.1 Å². The van der Waals surface area contributed by atoms with Crippen LogP contribution in [0.4, 0.5) is 0 Å². The van der Waals surface area contributed by atoms with Crippen LogP contribution in [0.25, 0.3) is 16.5 Å². The normalized spacial score (nSPS) is 20.1. The molecular formula is C23H19ClN2O3. The molecule has 0 N–H and O–H groups in total. The van der Waals surface area contributed by atoms with Crippen molar-refractivity contribution in [2.24, 2.45) is 5.41 Å². The van der Waals surface area contributed by atoms with E-state index in [0.717, 1.165) is 0 Å². The molecule has 0 amide bonds. The monoisotopic (exact) mass is 406 g/mol. The number of Topliss-reactive ketones (excluding diaryl/α,β-unsaturated/α-hetero) is 1. The Bertz CT molecular complexity index is 1360. The fourth-order valence-corrected chi connectivity index (χ4v) is 4.91. The molecule has 3 aromatic rings. The number of rotatable bonds is 1. The fourth-order valence-electron chi connectivity index (χ4n) is 4.68. The topological polar surface area (TPSA) is 61.1 Å². The largest absolute Gasteiger partial charge is 0.294 e. The molecule has 1 aliphatic heterocycles. The van der Waals surface area contributed by atoms with Crippen molar-refractivity contribution in [1.82, 2.24) is 9.36 Å². The first-order chi connectivity index (χ1) is 13.8. The minimum Gasteiger partial charge on any atom is -0.294 e. The smallest absolute Gasteiger partial charge is 0.277 e. The van der Waals surface area contributed by atoms with E-state index >= 15 is 0 Å². The zero-order valence-electron chi connectivity index (χ0n) is 16.1. The maximum absolute atomic E-state index is 13.5. The quantitative estimate of drug-likeness (QED) is 0.613. The molecule has 1 aliphatic carbocycles. The van der Waals surface area contributed by atoms with Crippen molar-refractivity contribution in [1.29, 1.82) is 0 Å². The molecule has 0 fully saturated rings. The number of benzene rings is 2. The third kappa shape index (κ3) is 2.50. The number of allylic oxidation sites excluding steroid dienone is 2. The summed E-state index contributed by atoms with van der Waals surface area (Å²) in [5, 5.41) is 1.16. The van der Waals surface area contributed by atoms with Gasteiger partial charge in [-0.25, -0.2) is 9.36 Å². The summed E-state index contributed by atoms with van der Waals surface area (Å²) in [5.41, 5.74) is 0.892. The second-order valence-corrected chi connectivity index (χ2v) is 8.94. The Balaban J connectivity index is 1.95. The van der Waals surface area contributed by atoms with E-state index in [2.05, 4.69) is 0 Å². The van der Waals surface area contributed by atoms with Gasteiger partial charge in [-0.3, -0.25) is 14.4 Å². The molecule has 6 heteroatoms. The molecule has 2 aliphatic rings. The van der Waals surface area contributed by atoms with Crippen LogP contribution in [0.3, 0.4) is 0 Å². The number of nitrogens with zero attached hydrogens (tertiary/aromatic N) is 2. The van der Waals surface area contributed by atoms with Gasteiger partial charge in [-0.2, -0.15) is 0 Å². The molecule has 1 aromatic heterocycles. The second-order valence-electron chi connectivity index (χ2n) is 8.54. The predicted octanol–water partition coefficient (Wildman–Crippen LogP) is 4.02. The molecule has 5 nitrogen and oxygen atoms in total. The third-order valence-electron chi connectivity index (χ3n) is 5.87. The van der Waals surface area contributed by atoms with Gasteiger partial charge in [0.05, 0.1) is 16.5 Å². The van der Waals surface area contributed by atoms with Gasteiger partial charge in [0, 0.05) is 17.0 Å². The van der Waals surface area contributed by atoms with Crippen LogP contribution in [0.15, 0.2) is 63.7 Å². The van der Waals surface area contributed by atoms with E-state index in [1.165, 1.54) is 9.36 Å². The Morgan fingerprint density at radius 2 is 1.52 bits per heavy atom. The molecule has 0 bridgehead atoms. The highest BCUT2D eigenvalue weighted by Crippen LogP contribution is 2.47. The predicted molar refractivity (Wildman–Crippen MR) is 113 cm³/mol. The summed E-state index contributed by atoms with van der Waals surface area (Å²) < 4.78 is 2.85. The molecule has 29 heavy (non-hydrogen) atoms. The summed E-state index contributed by atoms with van der Waals surface area (Å²) in [6.45, 7) is 4.01. The molecule has 2 aromatic carbocycles. The number of ketones is 1. The summed E-state index contributed by atoms with van der Waals surface area (Å²) in [4.78, 5) is 40.2. The van der Waals surface area contributed by atoms with Gasteiger partial charge in [0.15, 0.2) is 5.78 Å². The lowest BCUT2D eigenvalue weighted by molar-refractivity contribution is -0.118. The molecule has 1 unspecified atom stereocenters. The van der Waals surface area contributed by atoms with Crippen LogP contribution in [-0.4, -0.2) is 15.1 Å². The lowest BCUT2D eigenvalue weighted by atomic mass is 9.74. The summed E-state index contributed by atoms with van der Waals surface area (Å²) in [5.74, 6) is -0.0415. The number of fused-ring (bicyclic) bond motifs is 3. The van der Waals surface area contributed by atoms with Gasteiger partial charge in [-0.05, 0) is 35.6 Å². The first kappa shape index (κ1) is 18.1. The average molecular weight is 407 g/mol. The zero-order valence-corrected chi connectivity index (χ0v) is 16.9. The van der Waals surface area contributed by atoms with E-state index in [-0.39, 0.29) is 22.3 Å². The number of aromatic nitrogens is 2. The highest BCUT2D eigenvalue weighted by Gasteiger charge is 2.45. The van der Waals surface area contributed by atoms with Gasteiger partial charge in [-0.1, -0.05) is 55.8 Å². The molecule has 0 saturated carbocycles. The lowest BCUT2D eigenvalue weighted by Gasteiger charge is -2.30. The van der Waals surface area contributed by atoms with Crippen molar-refractivity contribution in [3.05, 3.63) is 85.4 Å². The van der Waals surface area contributed by atoms with Crippen LogP contribution in [0.1, 0.15) is 38.3 Å². The van der Waals surface area contributed by atoms with E-state index in [0.29, 0.717) is 45.5 Å². The maximum Gasteiger partial charge on any atom is 0.277 e. The standard InChI is InChI=1S/C23H19ClN2O3/c1-23(2)11-17-19(18(27)12-23)20(15-9-5-6-10-16(15)24)26-22(29)14-8-4-3-7-13(14)21(28)25(17)26/h3-10,20H,11-12H2,1-2H3. The SMILES string of the molecule is CC1(C)CC(=O)C2=C(C1)n1c(=O)c3ccccc3c(=O)n1C2c1ccccc1Cl. The van der Waals surface area contributed by atoms with E-state index in [1.807, 2.05) is 26.0 Å². The molecule has 0 spiro atoms. The number of hydrogen-bond donors (Lipinski definition) is 0. The Labute approximate surface area is 171 Å². The van der Waals surface area contributed by atoms with Gasteiger partial charge in [0.2, 0.25) is 0 Å². The van der Waals surface area contributed by atoms with Gasteiger partial charge >= 0.3 is 0 Å². The Kier molecular flexibility index (Phi) is 3.77. The molecule has 5 rings (SSSR count). The molecular weight excluding hydrogens is 388 g/mol. The third-order valence-corrected chi connectivity index (χ3v) is 6.22. The van der Waals surface area contributed by atoms with E-state index < -0.39 is 6.04 Å². The minimum absolute atomic E-state index is 0.0415. The number of halogens is 1. The van der Waals surface area contributed by atoms with Crippen molar-refractivity contribution >= 4 is 33.9 Å². The number of hydrogen-bond acceptors (Lipinski definition) is 3. The van der Waals surface area contributed by atoms with Crippen LogP contribution in [0.2, 0.25) is 5.02 Å². The molecule has 0 saturated heterocycles. The molecule has 146 valence electrons. The number of carbonyl (C=O) groups is 1. The van der Waals surface area contributed by atoms with Crippen molar-refractivity contribution in [3.63, 3.8) is 0 Å². The van der Waals surface area contributed by atoms with Gasteiger partial charge < -0.3 is 0 Å². The molecule has 1 atom stereocenters. The summed E-state index contributed by atoms with van der Waals surface area (Å²) >= 11 is 6.48. The van der Waals surface area contributed by atoms with Crippen LogP contribution in [-0.2, 0) is 4.79 Å².